The minimum Gasteiger partial charge on any atom is -0.368 e. The van der Waals surface area contributed by atoms with Crippen molar-refractivity contribution in [3.63, 3.8) is 0 Å². The first-order chi connectivity index (χ1) is 8.18. The summed E-state index contributed by atoms with van der Waals surface area (Å²) in [6.45, 7) is 7.47. The van der Waals surface area contributed by atoms with Crippen molar-refractivity contribution in [2.75, 3.05) is 31.1 Å². The number of rotatable bonds is 2. The number of hydrogen-bond acceptors (Lipinski definition) is 2. The Morgan fingerprint density at radius 3 is 2.18 bits per heavy atom. The number of para-hydroxylation sites is 1. The molecule has 1 saturated heterocycles. The van der Waals surface area contributed by atoms with Crippen LogP contribution in [-0.2, 0) is 4.79 Å². The topological polar surface area (TPSA) is 23.6 Å². The third-order valence-corrected chi connectivity index (χ3v) is 3.21. The normalized spacial score (nSPS) is 16.4. The van der Waals surface area contributed by atoms with Crippen LogP contribution in [0.3, 0.4) is 0 Å². The molecule has 0 aromatic heterocycles. The molecule has 0 saturated carbocycles. The Kier molecular flexibility index (Phi) is 3.67. The second-order valence-corrected chi connectivity index (χ2v) is 4.80. The van der Waals surface area contributed by atoms with Gasteiger partial charge in [0, 0.05) is 37.8 Å². The van der Waals surface area contributed by atoms with Gasteiger partial charge in [0.05, 0.1) is 0 Å². The van der Waals surface area contributed by atoms with E-state index in [1.165, 1.54) is 5.69 Å². The number of piperazine rings is 1. The fourth-order valence-electron chi connectivity index (χ4n) is 2.19. The van der Waals surface area contributed by atoms with Crippen LogP contribution in [0.4, 0.5) is 5.69 Å². The molecule has 2 rings (SSSR count). The maximum atomic E-state index is 11.8. The van der Waals surface area contributed by atoms with Gasteiger partial charge in [0.25, 0.3) is 0 Å². The van der Waals surface area contributed by atoms with Crippen LogP contribution in [0.25, 0.3) is 0 Å². The lowest BCUT2D eigenvalue weighted by atomic mass is 9.81. The van der Waals surface area contributed by atoms with Crippen molar-refractivity contribution in [1.82, 2.24) is 4.90 Å². The highest BCUT2D eigenvalue weighted by Crippen LogP contribution is 2.16. The van der Waals surface area contributed by atoms with Crippen molar-refractivity contribution in [2.24, 2.45) is 5.92 Å². The van der Waals surface area contributed by atoms with Crippen LogP contribution < -0.4 is 4.90 Å². The second kappa shape index (κ2) is 5.21. The Balaban J connectivity index is 1.93. The van der Waals surface area contributed by atoms with Crippen molar-refractivity contribution < 1.29 is 4.79 Å². The summed E-state index contributed by atoms with van der Waals surface area (Å²) in [7, 11) is 0. The standard InChI is InChI=1S/C14H20N2O/c1-12(2)14(17)16-10-8-15(9-11-16)13-6-4-3-5-7-13/h3-7,12H,8-11H2,1-2H3/i14-1. The number of benzene rings is 1. The molecule has 92 valence electrons. The van der Waals surface area contributed by atoms with Gasteiger partial charge in [-0.15, -0.1) is 0 Å². The van der Waals surface area contributed by atoms with Gasteiger partial charge in [-0.2, -0.15) is 0 Å². The van der Waals surface area contributed by atoms with E-state index < -0.39 is 0 Å². The highest BCUT2D eigenvalue weighted by Gasteiger charge is 2.22. The van der Waals surface area contributed by atoms with Crippen LogP contribution in [0.2, 0.25) is 0 Å². The van der Waals surface area contributed by atoms with Gasteiger partial charge in [0.1, 0.15) is 0 Å². The van der Waals surface area contributed by atoms with E-state index in [0.717, 1.165) is 26.2 Å². The average Bonchev–Trinajstić information content (AvgIpc) is 2.39. The third-order valence-electron chi connectivity index (χ3n) is 3.21. The van der Waals surface area contributed by atoms with Crippen LogP contribution in [0.5, 0.6) is 0 Å². The van der Waals surface area contributed by atoms with Crippen molar-refractivity contribution in [2.45, 2.75) is 13.8 Å². The Labute approximate surface area is 103 Å². The van der Waals surface area contributed by atoms with E-state index in [4.69, 9.17) is 0 Å². The fourth-order valence-corrected chi connectivity index (χ4v) is 2.19. The quantitative estimate of drug-likeness (QED) is 0.777. The third kappa shape index (κ3) is 2.78. The lowest BCUT2D eigenvalue weighted by molar-refractivity contribution is -0.134. The monoisotopic (exact) mass is 231 g/mol. The minimum atomic E-state index is 0.110. The number of hydrogen-bond donors (Lipinski definition) is 0. The molecule has 17 heavy (non-hydrogen) atoms. The molecule has 3 heteroatoms. The molecule has 1 aromatic carbocycles. The van der Waals surface area contributed by atoms with Gasteiger partial charge >= 0.3 is 0 Å². The molecule has 1 amide bonds. The maximum absolute atomic E-state index is 11.8. The molecule has 1 fully saturated rings. The van der Waals surface area contributed by atoms with Gasteiger partial charge in [-0.1, -0.05) is 32.0 Å². The summed E-state index contributed by atoms with van der Waals surface area (Å²) >= 11 is 0. The Bertz CT molecular complexity index is 367. The Hall–Kier alpha value is -1.51. The number of carbonyl (C=O) groups excluding carboxylic acids is 1. The molecule has 1 aromatic rings. The molecule has 0 spiro atoms. The maximum Gasteiger partial charge on any atom is 0.225 e. The highest BCUT2D eigenvalue weighted by atomic mass is 16.1. The summed E-state index contributed by atoms with van der Waals surface area (Å²) in [6.07, 6.45) is 0. The first-order valence-electron chi connectivity index (χ1n) is 6.27. The van der Waals surface area contributed by atoms with Crippen molar-refractivity contribution in [1.29, 1.82) is 0 Å². The summed E-state index contributed by atoms with van der Waals surface area (Å²) in [4.78, 5) is 16.2. The van der Waals surface area contributed by atoms with Crippen LogP contribution in [0.1, 0.15) is 13.8 Å². The van der Waals surface area contributed by atoms with Gasteiger partial charge < -0.3 is 9.80 Å². The van der Waals surface area contributed by atoms with Gasteiger partial charge in [0.2, 0.25) is 5.91 Å². The molecule has 1 aliphatic heterocycles. The zero-order valence-corrected chi connectivity index (χ0v) is 10.6. The summed E-state index contributed by atoms with van der Waals surface area (Å²) in [5.41, 5.74) is 1.25. The summed E-state index contributed by atoms with van der Waals surface area (Å²) < 4.78 is 0. The molecule has 0 aliphatic carbocycles. The number of amides is 1. The van der Waals surface area contributed by atoms with E-state index in [-0.39, 0.29) is 11.8 Å². The molecule has 0 N–H and O–H groups in total. The number of anilines is 1. The van der Waals surface area contributed by atoms with E-state index in [1.54, 1.807) is 0 Å². The van der Waals surface area contributed by atoms with Crippen LogP contribution in [0, 0.1) is 5.92 Å². The van der Waals surface area contributed by atoms with Gasteiger partial charge in [-0.05, 0) is 12.1 Å². The van der Waals surface area contributed by atoms with E-state index in [0.29, 0.717) is 0 Å². The van der Waals surface area contributed by atoms with Crippen molar-refractivity contribution in [3.05, 3.63) is 30.3 Å². The number of carbonyl (C=O) groups is 1. The van der Waals surface area contributed by atoms with Crippen molar-refractivity contribution >= 4 is 11.6 Å². The lowest BCUT2D eigenvalue weighted by Crippen LogP contribution is -2.49. The van der Waals surface area contributed by atoms with E-state index in [2.05, 4.69) is 29.2 Å². The van der Waals surface area contributed by atoms with Gasteiger partial charge in [-0.25, -0.2) is 0 Å². The Morgan fingerprint density at radius 1 is 1.06 bits per heavy atom. The molecule has 0 unspecified atom stereocenters. The molecule has 3 nitrogen and oxygen atoms in total. The highest BCUT2D eigenvalue weighted by molar-refractivity contribution is 5.78. The first-order valence-corrected chi connectivity index (χ1v) is 6.27. The molecule has 0 atom stereocenters. The smallest absolute Gasteiger partial charge is 0.225 e. The molecule has 1 heterocycles. The summed E-state index contributed by atoms with van der Waals surface area (Å²) in [6, 6.07) is 10.4. The zero-order chi connectivity index (χ0) is 12.3. The predicted molar refractivity (Wildman–Crippen MR) is 70.1 cm³/mol. The summed E-state index contributed by atoms with van der Waals surface area (Å²) in [5.74, 6) is 0.385. The van der Waals surface area contributed by atoms with E-state index >= 15 is 0 Å². The Morgan fingerprint density at radius 2 is 1.65 bits per heavy atom. The predicted octanol–water partition coefficient (Wildman–Crippen LogP) is 1.99. The fraction of sp³-hybridized carbons (Fsp3) is 0.500. The molecular weight excluding hydrogens is 211 g/mol. The zero-order valence-electron chi connectivity index (χ0n) is 10.6. The molecule has 0 radical (unpaired) electrons. The molecule has 0 bridgehead atoms. The van der Waals surface area contributed by atoms with Crippen LogP contribution in [-0.4, -0.2) is 37.0 Å². The number of nitrogens with zero attached hydrogens (tertiary/aromatic N) is 2. The van der Waals surface area contributed by atoms with Gasteiger partial charge in [0.15, 0.2) is 0 Å². The van der Waals surface area contributed by atoms with Crippen LogP contribution >= 0.6 is 0 Å². The van der Waals surface area contributed by atoms with Crippen LogP contribution in [0.15, 0.2) is 30.3 Å². The first kappa shape index (κ1) is 12.0. The minimum absolute atomic E-state index is 0.110. The average molecular weight is 231 g/mol. The summed E-state index contributed by atoms with van der Waals surface area (Å²) in [5, 5.41) is 0. The SMILES string of the molecule is CC(C)[11C](=O)N1CCN(c2ccccc2)CC1. The van der Waals surface area contributed by atoms with Gasteiger partial charge in [-0.3, -0.25) is 4.79 Å². The molecule has 1 aliphatic rings. The second-order valence-electron chi connectivity index (χ2n) is 4.80. The van der Waals surface area contributed by atoms with E-state index in [9.17, 15) is 4.79 Å². The lowest BCUT2D eigenvalue weighted by Gasteiger charge is -2.36. The van der Waals surface area contributed by atoms with E-state index in [1.807, 2.05) is 24.8 Å². The largest absolute Gasteiger partial charge is 0.368 e. The van der Waals surface area contributed by atoms with Crippen molar-refractivity contribution in [3.8, 4) is 0 Å². The molecular formula is C14H20N2O.